The Bertz CT molecular complexity index is 259. The second-order valence-electron chi connectivity index (χ2n) is 5.93. The average molecular weight is 239 g/mol. The van der Waals surface area contributed by atoms with Crippen molar-refractivity contribution in [2.75, 3.05) is 39.3 Å². The minimum Gasteiger partial charge on any atom is -0.391 e. The topological polar surface area (TPSA) is 50.5 Å². The molecule has 0 aliphatic carbocycles. The zero-order valence-corrected chi connectivity index (χ0v) is 11.3. The zero-order chi connectivity index (χ0) is 12.9. The molecule has 4 nitrogen and oxygen atoms in total. The minimum atomic E-state index is -0.270. The highest BCUT2D eigenvalue weighted by Gasteiger charge is 2.26. The van der Waals surface area contributed by atoms with E-state index in [1.165, 1.54) is 0 Å². The summed E-state index contributed by atoms with van der Waals surface area (Å²) in [5, 5.41) is 18.6. The largest absolute Gasteiger partial charge is 0.391 e. The molecule has 98 valence electrons. The van der Waals surface area contributed by atoms with Crippen molar-refractivity contribution in [2.45, 2.75) is 33.3 Å². The third-order valence-electron chi connectivity index (χ3n) is 3.44. The van der Waals surface area contributed by atoms with E-state index in [1.54, 1.807) is 0 Å². The number of nitrogens with zero attached hydrogens (tertiary/aromatic N) is 3. The molecule has 0 amide bonds. The molecule has 17 heavy (non-hydrogen) atoms. The summed E-state index contributed by atoms with van der Waals surface area (Å²) >= 11 is 0. The lowest BCUT2D eigenvalue weighted by Gasteiger charge is -2.37. The first-order valence-electron chi connectivity index (χ1n) is 6.43. The van der Waals surface area contributed by atoms with E-state index in [9.17, 15) is 5.11 Å². The second-order valence-corrected chi connectivity index (χ2v) is 5.93. The van der Waals surface area contributed by atoms with Crippen LogP contribution in [0.1, 0.15) is 27.2 Å². The molecule has 1 atom stereocenters. The zero-order valence-electron chi connectivity index (χ0n) is 11.3. The highest BCUT2D eigenvalue weighted by Crippen LogP contribution is 2.20. The molecule has 0 aromatic carbocycles. The predicted octanol–water partition coefficient (Wildman–Crippen LogP) is 0.925. The lowest BCUT2D eigenvalue weighted by Crippen LogP contribution is -2.50. The van der Waals surface area contributed by atoms with Crippen LogP contribution in [0.5, 0.6) is 0 Å². The summed E-state index contributed by atoms with van der Waals surface area (Å²) in [7, 11) is 0. The van der Waals surface area contributed by atoms with Crippen LogP contribution in [0.2, 0.25) is 0 Å². The van der Waals surface area contributed by atoms with Crippen molar-refractivity contribution < 1.29 is 5.11 Å². The van der Waals surface area contributed by atoms with Gasteiger partial charge in [0.25, 0.3) is 0 Å². The molecule has 0 saturated carbocycles. The van der Waals surface area contributed by atoms with Gasteiger partial charge in [0, 0.05) is 45.7 Å². The van der Waals surface area contributed by atoms with Crippen LogP contribution in [0.4, 0.5) is 0 Å². The molecule has 0 radical (unpaired) electrons. The number of rotatable bonds is 4. The maximum atomic E-state index is 10.0. The summed E-state index contributed by atoms with van der Waals surface area (Å²) in [6, 6.07) is 2.18. The van der Waals surface area contributed by atoms with Crippen molar-refractivity contribution in [1.82, 2.24) is 9.80 Å². The van der Waals surface area contributed by atoms with Crippen molar-refractivity contribution in [3.05, 3.63) is 0 Å². The van der Waals surface area contributed by atoms with Gasteiger partial charge in [-0.2, -0.15) is 5.26 Å². The van der Waals surface area contributed by atoms with E-state index >= 15 is 0 Å². The molecule has 1 aliphatic rings. The molecule has 0 aromatic rings. The fourth-order valence-electron chi connectivity index (χ4n) is 1.92. The highest BCUT2D eigenvalue weighted by molar-refractivity contribution is 4.81. The number of β-amino-alcohol motifs (C(OH)–C–C–N with tert-alkyl or cyclic N) is 1. The molecule has 1 unspecified atom stereocenters. The smallest absolute Gasteiger partial charge is 0.0715 e. The Morgan fingerprint density at radius 1 is 1.18 bits per heavy atom. The van der Waals surface area contributed by atoms with Crippen LogP contribution in [0.15, 0.2) is 0 Å². The fraction of sp³-hybridized carbons (Fsp3) is 0.923. The van der Waals surface area contributed by atoms with Gasteiger partial charge >= 0.3 is 0 Å². The molecular formula is C13H25N3O. The monoisotopic (exact) mass is 239 g/mol. The van der Waals surface area contributed by atoms with Crippen LogP contribution in [0.3, 0.4) is 0 Å². The lowest BCUT2D eigenvalue weighted by atomic mass is 9.89. The molecule has 0 spiro atoms. The van der Waals surface area contributed by atoms with Crippen LogP contribution in [-0.2, 0) is 0 Å². The first-order chi connectivity index (χ1) is 7.93. The Morgan fingerprint density at radius 3 is 2.18 bits per heavy atom. The Kier molecular flexibility index (Phi) is 5.38. The van der Waals surface area contributed by atoms with Crippen molar-refractivity contribution >= 4 is 0 Å². The maximum Gasteiger partial charge on any atom is 0.0715 e. The number of hydrogen-bond donors (Lipinski definition) is 1. The van der Waals surface area contributed by atoms with Crippen LogP contribution < -0.4 is 0 Å². The SMILES string of the molecule is CC(C)(C)C(O)CN1CCN(CCC#N)CC1. The van der Waals surface area contributed by atoms with Crippen LogP contribution in [0, 0.1) is 16.7 Å². The molecule has 1 heterocycles. The van der Waals surface area contributed by atoms with E-state index in [0.29, 0.717) is 6.42 Å². The second kappa shape index (κ2) is 6.34. The lowest BCUT2D eigenvalue weighted by molar-refractivity contribution is 0.0137. The Morgan fingerprint density at radius 2 is 1.71 bits per heavy atom. The van der Waals surface area contributed by atoms with E-state index in [2.05, 4.69) is 36.6 Å². The van der Waals surface area contributed by atoms with Gasteiger partial charge in [0.15, 0.2) is 0 Å². The Hall–Kier alpha value is -0.630. The number of hydrogen-bond acceptors (Lipinski definition) is 4. The van der Waals surface area contributed by atoms with Gasteiger partial charge in [0.05, 0.1) is 12.2 Å². The summed E-state index contributed by atoms with van der Waals surface area (Å²) in [4.78, 5) is 4.64. The molecule has 0 bridgehead atoms. The van der Waals surface area contributed by atoms with E-state index in [-0.39, 0.29) is 11.5 Å². The molecule has 1 aliphatic heterocycles. The quantitative estimate of drug-likeness (QED) is 0.793. The molecular weight excluding hydrogens is 214 g/mol. The van der Waals surface area contributed by atoms with Gasteiger partial charge < -0.3 is 5.11 Å². The van der Waals surface area contributed by atoms with E-state index in [0.717, 1.165) is 39.3 Å². The van der Waals surface area contributed by atoms with Crippen LogP contribution in [0.25, 0.3) is 0 Å². The van der Waals surface area contributed by atoms with E-state index in [1.807, 2.05) is 0 Å². The van der Waals surface area contributed by atoms with Crippen molar-refractivity contribution in [1.29, 1.82) is 5.26 Å². The number of nitriles is 1. The first-order valence-corrected chi connectivity index (χ1v) is 6.43. The van der Waals surface area contributed by atoms with E-state index < -0.39 is 0 Å². The highest BCUT2D eigenvalue weighted by atomic mass is 16.3. The third kappa shape index (κ3) is 5.03. The van der Waals surface area contributed by atoms with Gasteiger partial charge in [0.2, 0.25) is 0 Å². The summed E-state index contributed by atoms with van der Waals surface area (Å²) in [6.07, 6.45) is 0.345. The molecule has 1 saturated heterocycles. The molecule has 0 aromatic heterocycles. The fourth-order valence-corrected chi connectivity index (χ4v) is 1.92. The Balaban J connectivity index is 2.26. The normalized spacial score (nSPS) is 21.1. The summed E-state index contributed by atoms with van der Waals surface area (Å²) < 4.78 is 0. The van der Waals surface area contributed by atoms with Crippen molar-refractivity contribution in [2.24, 2.45) is 5.41 Å². The van der Waals surface area contributed by atoms with Crippen molar-refractivity contribution in [3.8, 4) is 6.07 Å². The molecule has 1 rings (SSSR count). The predicted molar refractivity (Wildman–Crippen MR) is 68.6 cm³/mol. The standard InChI is InChI=1S/C13H25N3O/c1-13(2,3)12(17)11-16-9-7-15(8-10-16)6-4-5-14/h12,17H,4,6-11H2,1-3H3. The van der Waals surface area contributed by atoms with Gasteiger partial charge in [-0.25, -0.2) is 0 Å². The minimum absolute atomic E-state index is 0.0437. The summed E-state index contributed by atoms with van der Waals surface area (Å²) in [5.41, 5.74) is -0.0437. The molecule has 4 heteroatoms. The third-order valence-corrected chi connectivity index (χ3v) is 3.44. The average Bonchev–Trinajstić information content (AvgIpc) is 2.27. The summed E-state index contributed by atoms with van der Waals surface area (Å²) in [6.45, 7) is 11.9. The van der Waals surface area contributed by atoms with Gasteiger partial charge in [-0.3, -0.25) is 9.80 Å². The first kappa shape index (κ1) is 14.4. The molecule has 1 fully saturated rings. The van der Waals surface area contributed by atoms with Gasteiger partial charge in [-0.1, -0.05) is 20.8 Å². The van der Waals surface area contributed by atoms with Gasteiger partial charge in [-0.15, -0.1) is 0 Å². The van der Waals surface area contributed by atoms with Crippen LogP contribution >= 0.6 is 0 Å². The van der Waals surface area contributed by atoms with E-state index in [4.69, 9.17) is 5.26 Å². The Labute approximate surface area is 105 Å². The van der Waals surface area contributed by atoms with Crippen molar-refractivity contribution in [3.63, 3.8) is 0 Å². The van der Waals surface area contributed by atoms with Gasteiger partial charge in [-0.05, 0) is 5.41 Å². The van der Waals surface area contributed by atoms with Gasteiger partial charge in [0.1, 0.15) is 0 Å². The summed E-state index contributed by atoms with van der Waals surface area (Å²) in [5.74, 6) is 0. The maximum absolute atomic E-state index is 10.0. The number of piperazine rings is 1. The molecule has 1 N–H and O–H groups in total. The number of aliphatic hydroxyl groups excluding tert-OH is 1. The number of aliphatic hydroxyl groups is 1. The van der Waals surface area contributed by atoms with Crippen LogP contribution in [-0.4, -0.2) is 60.3 Å².